The topological polar surface area (TPSA) is 72.7 Å². The van der Waals surface area contributed by atoms with Gasteiger partial charge in [0.15, 0.2) is 0 Å². The van der Waals surface area contributed by atoms with E-state index < -0.39 is 4.92 Å². The van der Waals surface area contributed by atoms with Gasteiger partial charge in [-0.05, 0) is 24.7 Å². The number of halogens is 1. The van der Waals surface area contributed by atoms with Gasteiger partial charge >= 0.3 is 0 Å². The summed E-state index contributed by atoms with van der Waals surface area (Å²) < 4.78 is 5.83. The fourth-order valence-corrected chi connectivity index (χ4v) is 2.90. The molecule has 1 aliphatic rings. The van der Waals surface area contributed by atoms with Gasteiger partial charge in [0, 0.05) is 24.2 Å². The molecule has 6 nitrogen and oxygen atoms in total. The average Bonchev–Trinajstić information content (AvgIpc) is 2.85. The van der Waals surface area contributed by atoms with Crippen LogP contribution in [-0.4, -0.2) is 23.2 Å². The van der Waals surface area contributed by atoms with Crippen LogP contribution in [0.25, 0.3) is 0 Å². The van der Waals surface area contributed by atoms with Crippen molar-refractivity contribution in [2.45, 2.75) is 12.6 Å². The number of aldehydes is 1. The van der Waals surface area contributed by atoms with Gasteiger partial charge in [-0.25, -0.2) is 0 Å². The summed E-state index contributed by atoms with van der Waals surface area (Å²) in [6.45, 7) is 0.583. The average molecular weight is 333 g/mol. The number of rotatable bonds is 4. The highest BCUT2D eigenvalue weighted by atomic mass is 35.5. The number of nitro groups is 1. The van der Waals surface area contributed by atoms with Crippen LogP contribution < -0.4 is 4.74 Å². The Morgan fingerprint density at radius 1 is 1.35 bits per heavy atom. The van der Waals surface area contributed by atoms with E-state index >= 15 is 0 Å². The van der Waals surface area contributed by atoms with Crippen LogP contribution in [-0.2, 0) is 11.3 Å². The molecule has 23 heavy (non-hydrogen) atoms. The predicted octanol–water partition coefficient (Wildman–Crippen LogP) is 3.73. The van der Waals surface area contributed by atoms with Crippen molar-refractivity contribution in [2.75, 3.05) is 7.05 Å². The van der Waals surface area contributed by atoms with Crippen molar-refractivity contribution >= 4 is 23.6 Å². The largest absolute Gasteiger partial charge is 0.455 e. The van der Waals surface area contributed by atoms with Gasteiger partial charge in [-0.3, -0.25) is 15.0 Å². The number of likely N-dealkylation sites (N-methyl/N-ethyl adjacent to an activating group) is 1. The minimum Gasteiger partial charge on any atom is -0.455 e. The van der Waals surface area contributed by atoms with Crippen molar-refractivity contribution in [3.8, 4) is 11.5 Å². The highest BCUT2D eigenvalue weighted by Gasteiger charge is 2.29. The van der Waals surface area contributed by atoms with E-state index in [0.29, 0.717) is 18.0 Å². The van der Waals surface area contributed by atoms with E-state index in [-0.39, 0.29) is 16.8 Å². The molecule has 0 aliphatic carbocycles. The minimum absolute atomic E-state index is 0.0959. The van der Waals surface area contributed by atoms with E-state index in [4.69, 9.17) is 16.3 Å². The molecule has 0 fully saturated rings. The van der Waals surface area contributed by atoms with Gasteiger partial charge in [-0.15, -0.1) is 0 Å². The molecule has 3 rings (SSSR count). The van der Waals surface area contributed by atoms with Crippen molar-refractivity contribution in [2.24, 2.45) is 0 Å². The molecular formula is C16H13ClN2O4. The molecule has 2 aromatic carbocycles. The van der Waals surface area contributed by atoms with E-state index in [1.807, 2.05) is 24.1 Å². The molecule has 1 atom stereocenters. The van der Waals surface area contributed by atoms with Gasteiger partial charge in [0.05, 0.1) is 16.0 Å². The van der Waals surface area contributed by atoms with Gasteiger partial charge in [-0.1, -0.05) is 23.7 Å². The first-order valence-electron chi connectivity index (χ1n) is 6.90. The SMILES string of the molecule is CN1Cc2c(Oc3ccc([N+](=O)[O-])cc3Cl)cccc2C1C=O. The van der Waals surface area contributed by atoms with E-state index in [0.717, 1.165) is 17.4 Å². The quantitative estimate of drug-likeness (QED) is 0.484. The molecule has 2 aromatic rings. The molecule has 7 heteroatoms. The van der Waals surface area contributed by atoms with Crippen molar-refractivity contribution in [3.63, 3.8) is 0 Å². The van der Waals surface area contributed by atoms with Gasteiger partial charge in [0.25, 0.3) is 5.69 Å². The lowest BCUT2D eigenvalue weighted by Gasteiger charge is -2.12. The Kier molecular flexibility index (Phi) is 4.02. The number of benzene rings is 2. The normalized spacial score (nSPS) is 16.9. The molecular weight excluding hydrogens is 320 g/mol. The van der Waals surface area contributed by atoms with Crippen molar-refractivity contribution in [3.05, 3.63) is 62.7 Å². The number of carbonyl (C=O) groups is 1. The Morgan fingerprint density at radius 3 is 2.78 bits per heavy atom. The molecule has 1 aliphatic heterocycles. The van der Waals surface area contributed by atoms with Gasteiger partial charge < -0.3 is 9.53 Å². The zero-order valence-corrected chi connectivity index (χ0v) is 13.0. The van der Waals surface area contributed by atoms with Crippen molar-refractivity contribution in [1.82, 2.24) is 4.90 Å². The summed E-state index contributed by atoms with van der Waals surface area (Å²) in [7, 11) is 1.86. The lowest BCUT2D eigenvalue weighted by molar-refractivity contribution is -0.384. The molecule has 1 heterocycles. The smallest absolute Gasteiger partial charge is 0.271 e. The van der Waals surface area contributed by atoms with Gasteiger partial charge in [0.2, 0.25) is 0 Å². The van der Waals surface area contributed by atoms with Crippen LogP contribution >= 0.6 is 11.6 Å². The highest BCUT2D eigenvalue weighted by molar-refractivity contribution is 6.32. The second-order valence-electron chi connectivity index (χ2n) is 5.29. The van der Waals surface area contributed by atoms with E-state index in [1.54, 1.807) is 6.07 Å². The number of ether oxygens (including phenoxy) is 1. The molecule has 0 N–H and O–H groups in total. The Balaban J connectivity index is 1.95. The van der Waals surface area contributed by atoms with Crippen LogP contribution in [0.1, 0.15) is 17.2 Å². The number of nitrogens with zero attached hydrogens (tertiary/aromatic N) is 2. The minimum atomic E-state index is -0.514. The van der Waals surface area contributed by atoms with Crippen LogP contribution in [0.5, 0.6) is 11.5 Å². The van der Waals surface area contributed by atoms with Gasteiger partial charge in [0.1, 0.15) is 17.8 Å². The summed E-state index contributed by atoms with van der Waals surface area (Å²) in [5.74, 6) is 0.928. The number of fused-ring (bicyclic) bond motifs is 1. The first-order chi connectivity index (χ1) is 11.0. The molecule has 1 unspecified atom stereocenters. The fraction of sp³-hybridized carbons (Fsp3) is 0.188. The second-order valence-corrected chi connectivity index (χ2v) is 5.70. The number of hydrogen-bond acceptors (Lipinski definition) is 5. The summed E-state index contributed by atoms with van der Waals surface area (Å²) in [6.07, 6.45) is 0.897. The molecule has 118 valence electrons. The van der Waals surface area contributed by atoms with Crippen LogP contribution in [0.3, 0.4) is 0 Å². The van der Waals surface area contributed by atoms with Crippen LogP contribution in [0.4, 0.5) is 5.69 Å². The van der Waals surface area contributed by atoms with Crippen molar-refractivity contribution in [1.29, 1.82) is 0 Å². The molecule has 0 radical (unpaired) electrons. The Bertz CT molecular complexity index is 794. The third-order valence-corrected chi connectivity index (χ3v) is 4.14. The summed E-state index contributed by atoms with van der Waals surface area (Å²) >= 11 is 6.06. The Hall–Kier alpha value is -2.44. The Morgan fingerprint density at radius 2 is 2.13 bits per heavy atom. The molecule has 0 amide bonds. The summed E-state index contributed by atoms with van der Waals surface area (Å²) in [6, 6.07) is 9.25. The van der Waals surface area contributed by atoms with Crippen molar-refractivity contribution < 1.29 is 14.5 Å². The third kappa shape index (κ3) is 2.78. The zero-order valence-electron chi connectivity index (χ0n) is 12.2. The zero-order chi connectivity index (χ0) is 16.6. The highest BCUT2D eigenvalue weighted by Crippen LogP contribution is 2.40. The summed E-state index contributed by atoms with van der Waals surface area (Å²) in [4.78, 5) is 23.4. The summed E-state index contributed by atoms with van der Waals surface area (Å²) in [5.41, 5.74) is 1.72. The van der Waals surface area contributed by atoms with Gasteiger partial charge in [-0.2, -0.15) is 0 Å². The molecule has 0 saturated heterocycles. The van der Waals surface area contributed by atoms with E-state index in [1.165, 1.54) is 18.2 Å². The maximum atomic E-state index is 11.2. The number of nitro benzene ring substituents is 1. The standard InChI is InChI=1S/C16H13ClN2O4/c1-18-8-12-11(14(18)9-20)3-2-4-15(12)23-16-6-5-10(19(21)22)7-13(16)17/h2-7,9,14H,8H2,1H3. The number of hydrogen-bond donors (Lipinski definition) is 0. The molecule has 0 spiro atoms. The molecule has 0 aromatic heterocycles. The lowest BCUT2D eigenvalue weighted by atomic mass is 10.1. The predicted molar refractivity (Wildman–Crippen MR) is 84.9 cm³/mol. The first kappa shape index (κ1) is 15.5. The Labute approximate surface area is 137 Å². The maximum absolute atomic E-state index is 11.2. The number of non-ortho nitro benzene ring substituents is 1. The lowest BCUT2D eigenvalue weighted by Crippen LogP contribution is -2.17. The fourth-order valence-electron chi connectivity index (χ4n) is 2.69. The maximum Gasteiger partial charge on any atom is 0.271 e. The van der Waals surface area contributed by atoms with E-state index in [9.17, 15) is 14.9 Å². The van der Waals surface area contributed by atoms with Crippen LogP contribution in [0.2, 0.25) is 5.02 Å². The number of carbonyl (C=O) groups excluding carboxylic acids is 1. The third-order valence-electron chi connectivity index (χ3n) is 3.85. The second kappa shape index (κ2) is 5.98. The van der Waals surface area contributed by atoms with E-state index in [2.05, 4.69) is 0 Å². The first-order valence-corrected chi connectivity index (χ1v) is 7.28. The monoisotopic (exact) mass is 332 g/mol. The molecule has 0 bridgehead atoms. The van der Waals surface area contributed by atoms with Crippen LogP contribution in [0, 0.1) is 10.1 Å². The summed E-state index contributed by atoms with van der Waals surface area (Å²) in [5, 5.41) is 10.9. The molecule has 0 saturated carbocycles. The van der Waals surface area contributed by atoms with Crippen LogP contribution in [0.15, 0.2) is 36.4 Å².